The summed E-state index contributed by atoms with van der Waals surface area (Å²) in [5, 5.41) is 13.5. The molecule has 0 aromatic heterocycles. The van der Waals surface area contributed by atoms with Gasteiger partial charge >= 0.3 is 12.0 Å². The number of hydrogen-bond donors (Lipinski definition) is 2. The highest BCUT2D eigenvalue weighted by molar-refractivity contribution is 5.74. The maximum Gasteiger partial charge on any atom is 0.317 e. The van der Waals surface area contributed by atoms with Crippen LogP contribution in [0.15, 0.2) is 24.3 Å². The zero-order valence-electron chi connectivity index (χ0n) is 23.5. The summed E-state index contributed by atoms with van der Waals surface area (Å²) in [6, 6.07) is 7.37. The molecule has 0 saturated carbocycles. The molecule has 0 unspecified atom stereocenters. The van der Waals surface area contributed by atoms with Crippen molar-refractivity contribution in [1.29, 1.82) is 0 Å². The van der Waals surface area contributed by atoms with Gasteiger partial charge in [-0.05, 0) is 38.0 Å². The van der Waals surface area contributed by atoms with E-state index < -0.39 is 11.9 Å². The summed E-state index contributed by atoms with van der Waals surface area (Å²) in [5.41, 5.74) is 0.987. The van der Waals surface area contributed by atoms with Gasteiger partial charge in [0, 0.05) is 45.7 Å². The SMILES string of the molecule is CC1(C)OC[C@@H](COC(=O)CCc2ccc(OC[C@@H](O)CN(CCNC(=O)N3CCOCC3)C[C@@H]3CO3)cc2)O1. The number of urea groups is 1. The van der Waals surface area contributed by atoms with Gasteiger partial charge in [0.25, 0.3) is 0 Å². The Bertz CT molecular complexity index is 935. The third kappa shape index (κ3) is 10.8. The first-order valence-corrected chi connectivity index (χ1v) is 14.1. The van der Waals surface area contributed by atoms with Crippen LogP contribution < -0.4 is 10.1 Å². The number of hydrogen-bond acceptors (Lipinski definition) is 10. The number of benzene rings is 1. The summed E-state index contributed by atoms with van der Waals surface area (Å²) in [6.45, 7) is 9.62. The number of aryl methyl sites for hydroxylation is 1. The molecule has 0 aliphatic carbocycles. The lowest BCUT2D eigenvalue weighted by Gasteiger charge is -2.28. The number of rotatable bonds is 15. The standard InChI is InChI=1S/C28H43N3O9/c1-28(2)39-20-25(40-28)19-38-26(33)8-5-21-3-6-23(7-4-21)36-17-22(32)15-30(16-24-18-37-24)10-9-29-27(34)31-11-13-35-14-12-31/h3-4,6-7,22,24-25,32H,5,8-20H2,1-2H3,(H,29,34)/t22-,24+,25+/m0/s1. The minimum atomic E-state index is -0.706. The van der Waals surface area contributed by atoms with E-state index in [0.717, 1.165) is 12.2 Å². The van der Waals surface area contributed by atoms with Gasteiger partial charge in [0.2, 0.25) is 0 Å². The maximum absolute atomic E-state index is 12.3. The van der Waals surface area contributed by atoms with Gasteiger partial charge in [-0.2, -0.15) is 0 Å². The number of amides is 2. The predicted molar refractivity (Wildman–Crippen MR) is 144 cm³/mol. The molecule has 0 spiro atoms. The number of aliphatic hydroxyl groups is 1. The van der Waals surface area contributed by atoms with Gasteiger partial charge in [-0.15, -0.1) is 0 Å². The zero-order valence-corrected chi connectivity index (χ0v) is 23.5. The summed E-state index contributed by atoms with van der Waals surface area (Å²) < 4.78 is 32.9. The van der Waals surface area contributed by atoms with Crippen molar-refractivity contribution in [2.45, 2.75) is 50.8 Å². The Labute approximate surface area is 235 Å². The average Bonchev–Trinajstić information content (AvgIpc) is 3.70. The highest BCUT2D eigenvalue weighted by atomic mass is 16.7. The monoisotopic (exact) mass is 565 g/mol. The Hall–Kier alpha value is -2.48. The first-order valence-electron chi connectivity index (χ1n) is 14.1. The molecule has 12 heteroatoms. The van der Waals surface area contributed by atoms with Gasteiger partial charge in [0.15, 0.2) is 5.79 Å². The van der Waals surface area contributed by atoms with E-state index in [9.17, 15) is 14.7 Å². The molecule has 2 N–H and O–H groups in total. The van der Waals surface area contributed by atoms with Crippen molar-refractivity contribution in [1.82, 2.24) is 15.1 Å². The smallest absolute Gasteiger partial charge is 0.317 e. The molecule has 3 aliphatic heterocycles. The van der Waals surface area contributed by atoms with Crippen LogP contribution in [0.2, 0.25) is 0 Å². The lowest BCUT2D eigenvalue weighted by Crippen LogP contribution is -2.48. The number of nitrogens with one attached hydrogen (secondary N) is 1. The molecule has 2 amide bonds. The molecule has 3 heterocycles. The van der Waals surface area contributed by atoms with Crippen molar-refractivity contribution in [3.63, 3.8) is 0 Å². The van der Waals surface area contributed by atoms with Crippen molar-refractivity contribution in [3.05, 3.63) is 29.8 Å². The highest BCUT2D eigenvalue weighted by Gasteiger charge is 2.33. The van der Waals surface area contributed by atoms with E-state index in [1.165, 1.54) is 0 Å². The van der Waals surface area contributed by atoms with Crippen LogP contribution in [0, 0.1) is 0 Å². The van der Waals surface area contributed by atoms with Crippen molar-refractivity contribution in [2.75, 3.05) is 78.9 Å². The quantitative estimate of drug-likeness (QED) is 0.233. The molecule has 12 nitrogen and oxygen atoms in total. The van der Waals surface area contributed by atoms with E-state index in [1.54, 1.807) is 4.90 Å². The molecule has 224 valence electrons. The fraction of sp³-hybridized carbons (Fsp3) is 0.714. The second-order valence-corrected chi connectivity index (χ2v) is 10.8. The van der Waals surface area contributed by atoms with Crippen LogP contribution in [0.5, 0.6) is 5.75 Å². The molecule has 3 saturated heterocycles. The summed E-state index contributed by atoms with van der Waals surface area (Å²) in [4.78, 5) is 28.2. The van der Waals surface area contributed by atoms with Crippen molar-refractivity contribution < 1.29 is 43.1 Å². The van der Waals surface area contributed by atoms with Crippen LogP contribution in [0.3, 0.4) is 0 Å². The second kappa shape index (κ2) is 14.9. The molecule has 40 heavy (non-hydrogen) atoms. The molecule has 3 aliphatic rings. The lowest BCUT2D eigenvalue weighted by molar-refractivity contribution is -0.158. The fourth-order valence-corrected chi connectivity index (χ4v) is 4.56. The summed E-state index contributed by atoms with van der Waals surface area (Å²) in [6.07, 6.45) is 0.0490. The Balaban J connectivity index is 1.11. The number of nitrogens with zero attached hydrogens (tertiary/aromatic N) is 2. The topological polar surface area (TPSA) is 132 Å². The Morgan fingerprint density at radius 3 is 2.60 bits per heavy atom. The average molecular weight is 566 g/mol. The minimum Gasteiger partial charge on any atom is -0.491 e. The summed E-state index contributed by atoms with van der Waals surface area (Å²) >= 11 is 0. The van der Waals surface area contributed by atoms with Gasteiger partial charge in [-0.1, -0.05) is 12.1 Å². The van der Waals surface area contributed by atoms with E-state index in [2.05, 4.69) is 10.2 Å². The summed E-state index contributed by atoms with van der Waals surface area (Å²) in [7, 11) is 0. The largest absolute Gasteiger partial charge is 0.491 e. The molecular formula is C28H43N3O9. The third-order valence-corrected chi connectivity index (χ3v) is 6.82. The van der Waals surface area contributed by atoms with Gasteiger partial charge in [0.05, 0.1) is 32.5 Å². The molecule has 3 atom stereocenters. The molecular weight excluding hydrogens is 522 g/mol. The highest BCUT2D eigenvalue weighted by Crippen LogP contribution is 2.22. The number of ether oxygens (including phenoxy) is 6. The molecule has 3 fully saturated rings. The number of esters is 1. The van der Waals surface area contributed by atoms with Gasteiger partial charge < -0.3 is 43.7 Å². The Kier molecular flexibility index (Phi) is 11.4. The summed E-state index contributed by atoms with van der Waals surface area (Å²) in [5.74, 6) is -0.274. The van der Waals surface area contributed by atoms with Gasteiger partial charge in [-0.25, -0.2) is 4.79 Å². The lowest BCUT2D eigenvalue weighted by atomic mass is 10.1. The molecule has 0 radical (unpaired) electrons. The zero-order chi connectivity index (χ0) is 28.4. The van der Waals surface area contributed by atoms with Crippen LogP contribution in [0.4, 0.5) is 4.79 Å². The fourth-order valence-electron chi connectivity index (χ4n) is 4.56. The first kappa shape index (κ1) is 30.5. The molecule has 0 bridgehead atoms. The molecule has 4 rings (SSSR count). The normalized spacial score (nSPS) is 22.6. The number of morpholine rings is 1. The molecule has 1 aromatic carbocycles. The Morgan fingerprint density at radius 2 is 1.93 bits per heavy atom. The van der Waals surface area contributed by atoms with Crippen LogP contribution in [-0.4, -0.2) is 130 Å². The first-order chi connectivity index (χ1) is 19.3. The number of carbonyl (C=O) groups is 2. The van der Waals surface area contributed by atoms with Crippen LogP contribution in [0.1, 0.15) is 25.8 Å². The van der Waals surface area contributed by atoms with Gasteiger partial charge in [-0.3, -0.25) is 9.69 Å². The Morgan fingerprint density at radius 1 is 1.18 bits per heavy atom. The molecule has 1 aromatic rings. The van der Waals surface area contributed by atoms with E-state index in [1.807, 2.05) is 38.1 Å². The van der Waals surface area contributed by atoms with E-state index in [0.29, 0.717) is 71.3 Å². The van der Waals surface area contributed by atoms with Crippen LogP contribution in [-0.2, 0) is 34.9 Å². The third-order valence-electron chi connectivity index (χ3n) is 6.82. The number of aliphatic hydroxyl groups excluding tert-OH is 1. The van der Waals surface area contributed by atoms with Crippen molar-refractivity contribution in [3.8, 4) is 5.75 Å². The van der Waals surface area contributed by atoms with E-state index >= 15 is 0 Å². The maximum atomic E-state index is 12.3. The number of carbonyl (C=O) groups excluding carboxylic acids is 2. The second-order valence-electron chi connectivity index (χ2n) is 10.8. The van der Waals surface area contributed by atoms with Crippen LogP contribution >= 0.6 is 0 Å². The van der Waals surface area contributed by atoms with Crippen LogP contribution in [0.25, 0.3) is 0 Å². The predicted octanol–water partition coefficient (Wildman–Crippen LogP) is 0.796. The minimum absolute atomic E-state index is 0.0898. The van der Waals surface area contributed by atoms with Crippen molar-refractivity contribution in [2.24, 2.45) is 0 Å². The number of epoxide rings is 1. The van der Waals surface area contributed by atoms with Gasteiger partial charge in [0.1, 0.15) is 31.2 Å². The van der Waals surface area contributed by atoms with Crippen molar-refractivity contribution >= 4 is 12.0 Å². The van der Waals surface area contributed by atoms with E-state index in [-0.39, 0.29) is 43.8 Å². The van der Waals surface area contributed by atoms with E-state index in [4.69, 9.17) is 28.4 Å².